The Labute approximate surface area is 110 Å². The molecule has 1 saturated carbocycles. The molecule has 2 atom stereocenters. The van der Waals surface area contributed by atoms with Crippen molar-refractivity contribution in [2.45, 2.75) is 57.0 Å². The molecule has 0 aromatic carbocycles. The number of carbonyl (C=O) groups is 1. The fourth-order valence-corrected chi connectivity index (χ4v) is 3.58. The summed E-state index contributed by atoms with van der Waals surface area (Å²) in [6.45, 7) is 3.80. The highest BCUT2D eigenvalue weighted by Gasteiger charge is 2.47. The van der Waals surface area contributed by atoms with Crippen LogP contribution in [0.5, 0.6) is 0 Å². The second-order valence-corrected chi connectivity index (χ2v) is 6.14. The highest BCUT2D eigenvalue weighted by atomic mass is 16.5. The summed E-state index contributed by atoms with van der Waals surface area (Å²) in [7, 11) is 1.47. The van der Waals surface area contributed by atoms with E-state index >= 15 is 0 Å². The van der Waals surface area contributed by atoms with Gasteiger partial charge in [0.05, 0.1) is 7.11 Å². The topological polar surface area (TPSA) is 55.6 Å². The van der Waals surface area contributed by atoms with Crippen molar-refractivity contribution in [2.75, 3.05) is 20.2 Å². The van der Waals surface area contributed by atoms with Crippen molar-refractivity contribution in [1.29, 1.82) is 0 Å². The highest BCUT2D eigenvalue weighted by Crippen LogP contribution is 2.33. The number of nitrogens with zero attached hydrogens (tertiary/aromatic N) is 1. The lowest BCUT2D eigenvalue weighted by Gasteiger charge is -2.35. The molecule has 1 aliphatic carbocycles. The number of carbonyl (C=O) groups excluding carboxylic acids is 1. The van der Waals surface area contributed by atoms with Crippen LogP contribution in [0, 0.1) is 5.92 Å². The highest BCUT2D eigenvalue weighted by molar-refractivity contribution is 5.80. The molecule has 2 unspecified atom stereocenters. The Bertz CT molecular complexity index is 302. The molecule has 1 heterocycles. The van der Waals surface area contributed by atoms with E-state index in [4.69, 9.17) is 10.5 Å². The lowest BCUT2D eigenvalue weighted by Crippen LogP contribution is -2.50. The van der Waals surface area contributed by atoms with Gasteiger partial charge in [0.2, 0.25) is 0 Å². The second kappa shape index (κ2) is 5.57. The van der Waals surface area contributed by atoms with E-state index < -0.39 is 5.54 Å². The minimum absolute atomic E-state index is 0.0951. The number of methoxy groups -OCH3 is 1. The van der Waals surface area contributed by atoms with E-state index in [0.29, 0.717) is 6.42 Å². The molecule has 0 aromatic heterocycles. The fourth-order valence-electron chi connectivity index (χ4n) is 3.58. The van der Waals surface area contributed by atoms with Crippen LogP contribution in [0.4, 0.5) is 0 Å². The Morgan fingerprint density at radius 3 is 2.67 bits per heavy atom. The number of nitrogens with two attached hydrogens (primary N) is 1. The molecule has 2 aliphatic rings. The zero-order chi connectivity index (χ0) is 13.2. The van der Waals surface area contributed by atoms with E-state index in [1.165, 1.54) is 39.2 Å². The van der Waals surface area contributed by atoms with Gasteiger partial charge in [-0.2, -0.15) is 0 Å². The Morgan fingerprint density at radius 2 is 2.06 bits per heavy atom. The molecule has 1 aliphatic heterocycles. The smallest absolute Gasteiger partial charge is 0.326 e. The molecule has 0 radical (unpaired) electrons. The summed E-state index contributed by atoms with van der Waals surface area (Å²) in [6.07, 6.45) is 7.33. The first-order chi connectivity index (χ1) is 8.56. The van der Waals surface area contributed by atoms with E-state index in [1.54, 1.807) is 0 Å². The van der Waals surface area contributed by atoms with Crippen molar-refractivity contribution >= 4 is 5.97 Å². The molecule has 2 rings (SSSR count). The molecule has 0 amide bonds. The third kappa shape index (κ3) is 2.69. The molecule has 18 heavy (non-hydrogen) atoms. The molecule has 0 bridgehead atoms. The van der Waals surface area contributed by atoms with Crippen molar-refractivity contribution in [3.8, 4) is 0 Å². The Morgan fingerprint density at radius 1 is 1.39 bits per heavy atom. The van der Waals surface area contributed by atoms with Gasteiger partial charge < -0.3 is 10.5 Å². The number of likely N-dealkylation sites (tertiary alicyclic amines) is 1. The normalized spacial score (nSPS) is 34.7. The number of rotatable bonds is 3. The molecule has 2 N–H and O–H groups in total. The molecule has 0 aromatic rings. The maximum atomic E-state index is 12.0. The van der Waals surface area contributed by atoms with E-state index in [0.717, 1.165) is 19.0 Å². The van der Waals surface area contributed by atoms with E-state index in [9.17, 15) is 4.79 Å². The van der Waals surface area contributed by atoms with Crippen LogP contribution in [0.15, 0.2) is 0 Å². The summed E-state index contributed by atoms with van der Waals surface area (Å²) in [6, 6.07) is 0.0951. The van der Waals surface area contributed by atoms with Gasteiger partial charge in [-0.05, 0) is 32.1 Å². The van der Waals surface area contributed by atoms with Gasteiger partial charge in [0, 0.05) is 19.1 Å². The van der Waals surface area contributed by atoms with Gasteiger partial charge in [-0.3, -0.25) is 9.69 Å². The lowest BCUT2D eigenvalue weighted by molar-refractivity contribution is -0.152. The van der Waals surface area contributed by atoms with Crippen molar-refractivity contribution in [3.05, 3.63) is 0 Å². The summed E-state index contributed by atoms with van der Waals surface area (Å²) in [4.78, 5) is 14.3. The zero-order valence-electron chi connectivity index (χ0n) is 11.7. The van der Waals surface area contributed by atoms with Gasteiger partial charge in [-0.1, -0.05) is 19.3 Å². The number of hydrogen-bond donors (Lipinski definition) is 1. The zero-order valence-corrected chi connectivity index (χ0v) is 11.7. The summed E-state index contributed by atoms with van der Waals surface area (Å²) in [5, 5.41) is 0. The second-order valence-electron chi connectivity index (χ2n) is 6.14. The van der Waals surface area contributed by atoms with Crippen molar-refractivity contribution in [3.63, 3.8) is 0 Å². The SMILES string of the molecule is COC(=O)C1(C)CC(N)CN1CC1CCCCC1. The van der Waals surface area contributed by atoms with Crippen LogP contribution in [0.25, 0.3) is 0 Å². The molecule has 2 fully saturated rings. The standard InChI is InChI=1S/C14H26N2O2/c1-14(13(17)18-2)8-12(15)10-16(14)9-11-6-4-3-5-7-11/h11-12H,3-10,15H2,1-2H3. The van der Waals surface area contributed by atoms with Gasteiger partial charge >= 0.3 is 5.97 Å². The van der Waals surface area contributed by atoms with Gasteiger partial charge in [-0.15, -0.1) is 0 Å². The van der Waals surface area contributed by atoms with Crippen LogP contribution in [-0.2, 0) is 9.53 Å². The summed E-state index contributed by atoms with van der Waals surface area (Å²) in [5.74, 6) is 0.597. The van der Waals surface area contributed by atoms with Crippen LogP contribution < -0.4 is 5.73 Å². The minimum Gasteiger partial charge on any atom is -0.468 e. The van der Waals surface area contributed by atoms with E-state index in [-0.39, 0.29) is 12.0 Å². The Kier molecular flexibility index (Phi) is 4.28. The number of ether oxygens (including phenoxy) is 1. The van der Waals surface area contributed by atoms with Gasteiger partial charge in [0.1, 0.15) is 5.54 Å². The number of esters is 1. The summed E-state index contributed by atoms with van der Waals surface area (Å²) < 4.78 is 4.97. The fraction of sp³-hybridized carbons (Fsp3) is 0.929. The molecular weight excluding hydrogens is 228 g/mol. The summed E-state index contributed by atoms with van der Waals surface area (Å²) in [5.41, 5.74) is 5.54. The Balaban J connectivity index is 2.02. The van der Waals surface area contributed by atoms with Gasteiger partial charge in [-0.25, -0.2) is 0 Å². The van der Waals surface area contributed by atoms with Crippen molar-refractivity contribution in [1.82, 2.24) is 4.90 Å². The van der Waals surface area contributed by atoms with Crippen LogP contribution in [-0.4, -0.2) is 42.6 Å². The molecule has 0 spiro atoms. The van der Waals surface area contributed by atoms with E-state index in [2.05, 4.69) is 4.90 Å². The quantitative estimate of drug-likeness (QED) is 0.776. The van der Waals surface area contributed by atoms with Crippen LogP contribution >= 0.6 is 0 Å². The molecular formula is C14H26N2O2. The molecule has 1 saturated heterocycles. The Hall–Kier alpha value is -0.610. The first kappa shape index (κ1) is 13.8. The molecule has 4 heteroatoms. The number of hydrogen-bond acceptors (Lipinski definition) is 4. The predicted molar refractivity (Wildman–Crippen MR) is 71.2 cm³/mol. The maximum absolute atomic E-state index is 12.0. The maximum Gasteiger partial charge on any atom is 0.326 e. The monoisotopic (exact) mass is 254 g/mol. The first-order valence-electron chi connectivity index (χ1n) is 7.15. The van der Waals surface area contributed by atoms with Crippen molar-refractivity contribution in [2.24, 2.45) is 11.7 Å². The van der Waals surface area contributed by atoms with Gasteiger partial charge in [0.15, 0.2) is 0 Å². The van der Waals surface area contributed by atoms with Crippen LogP contribution in [0.3, 0.4) is 0 Å². The third-order valence-corrected chi connectivity index (χ3v) is 4.64. The van der Waals surface area contributed by atoms with Crippen LogP contribution in [0.2, 0.25) is 0 Å². The predicted octanol–water partition coefficient (Wildman–Crippen LogP) is 1.53. The average molecular weight is 254 g/mol. The van der Waals surface area contributed by atoms with Gasteiger partial charge in [0.25, 0.3) is 0 Å². The molecule has 4 nitrogen and oxygen atoms in total. The first-order valence-corrected chi connectivity index (χ1v) is 7.15. The lowest BCUT2D eigenvalue weighted by atomic mass is 9.88. The molecule has 104 valence electrons. The summed E-state index contributed by atoms with van der Waals surface area (Å²) >= 11 is 0. The van der Waals surface area contributed by atoms with Crippen molar-refractivity contribution < 1.29 is 9.53 Å². The van der Waals surface area contributed by atoms with Crippen LogP contribution in [0.1, 0.15) is 45.4 Å². The third-order valence-electron chi connectivity index (χ3n) is 4.64. The van der Waals surface area contributed by atoms with E-state index in [1.807, 2.05) is 6.92 Å². The minimum atomic E-state index is -0.508. The largest absolute Gasteiger partial charge is 0.468 e. The average Bonchev–Trinajstić information content (AvgIpc) is 2.65.